The van der Waals surface area contributed by atoms with E-state index < -0.39 is 11.6 Å². The molecule has 0 unspecified atom stereocenters. The van der Waals surface area contributed by atoms with Gasteiger partial charge in [-0.1, -0.05) is 6.07 Å². The number of likely N-dealkylation sites (tertiary alicyclic amines) is 1. The number of nitrogens with zero attached hydrogens (tertiary/aromatic N) is 1. The van der Waals surface area contributed by atoms with E-state index in [1.165, 1.54) is 12.1 Å². The molecule has 0 spiro atoms. The van der Waals surface area contributed by atoms with E-state index in [-0.39, 0.29) is 23.8 Å². The number of hydrogen-bond donors (Lipinski definition) is 0. The minimum atomic E-state index is -0.597. The smallest absolute Gasteiger partial charge is 0.236 e. The van der Waals surface area contributed by atoms with E-state index >= 15 is 0 Å². The zero-order chi connectivity index (χ0) is 16.4. The summed E-state index contributed by atoms with van der Waals surface area (Å²) in [5.41, 5.74) is 0.364. The van der Waals surface area contributed by atoms with Crippen LogP contribution in [0.25, 0.3) is 0 Å². The Labute approximate surface area is 139 Å². The van der Waals surface area contributed by atoms with Gasteiger partial charge in [0, 0.05) is 36.6 Å². The van der Waals surface area contributed by atoms with Crippen molar-refractivity contribution >= 4 is 17.7 Å². The van der Waals surface area contributed by atoms with Crippen molar-refractivity contribution in [2.45, 2.75) is 49.3 Å². The molecule has 23 heavy (non-hydrogen) atoms. The quantitative estimate of drug-likeness (QED) is 0.841. The van der Waals surface area contributed by atoms with E-state index in [2.05, 4.69) is 0 Å². The molecule has 0 radical (unpaired) electrons. The zero-order valence-corrected chi connectivity index (χ0v) is 14.0. The van der Waals surface area contributed by atoms with Crippen molar-refractivity contribution in [3.05, 3.63) is 35.4 Å². The maximum atomic E-state index is 13.8. The normalized spacial score (nSPS) is 28.4. The first-order chi connectivity index (χ1) is 11.0. The van der Waals surface area contributed by atoms with Gasteiger partial charge in [-0.25, -0.2) is 8.78 Å². The minimum absolute atomic E-state index is 0.0593. The van der Waals surface area contributed by atoms with E-state index in [1.54, 1.807) is 16.7 Å². The van der Waals surface area contributed by atoms with Crippen LogP contribution in [0, 0.1) is 11.6 Å². The Bertz CT molecular complexity index is 584. The number of hydrogen-bond acceptors (Lipinski definition) is 3. The lowest BCUT2D eigenvalue weighted by Crippen LogP contribution is -2.43. The predicted octanol–water partition coefficient (Wildman–Crippen LogP) is 3.37. The Balaban J connectivity index is 1.64. The molecule has 0 aromatic heterocycles. The molecule has 0 bridgehead atoms. The molecule has 2 aliphatic rings. The highest BCUT2D eigenvalue weighted by Crippen LogP contribution is 2.34. The maximum absolute atomic E-state index is 13.8. The van der Waals surface area contributed by atoms with Gasteiger partial charge in [-0.15, -0.1) is 11.8 Å². The Morgan fingerprint density at radius 3 is 2.87 bits per heavy atom. The van der Waals surface area contributed by atoms with Crippen molar-refractivity contribution < 1.29 is 18.3 Å². The van der Waals surface area contributed by atoms with Gasteiger partial charge in [0.05, 0.1) is 11.4 Å². The van der Waals surface area contributed by atoms with Gasteiger partial charge >= 0.3 is 0 Å². The molecule has 3 atom stereocenters. The predicted molar refractivity (Wildman–Crippen MR) is 86.2 cm³/mol. The van der Waals surface area contributed by atoms with Gasteiger partial charge in [-0.2, -0.15) is 0 Å². The number of piperidine rings is 1. The molecule has 3 rings (SSSR count). The van der Waals surface area contributed by atoms with Gasteiger partial charge in [0.25, 0.3) is 0 Å². The number of carbonyl (C=O) groups is 1. The lowest BCUT2D eigenvalue weighted by molar-refractivity contribution is -0.133. The highest BCUT2D eigenvalue weighted by molar-refractivity contribution is 8.01. The molecule has 1 aromatic carbocycles. The summed E-state index contributed by atoms with van der Waals surface area (Å²) in [5.74, 6) is -1.13. The SMILES string of the molecule is C[C@@H]1OCC[C@@H]1S[C@@H]1CCCN(Cc2ccc(F)cc2F)C1=O. The molecule has 1 amide bonds. The van der Waals surface area contributed by atoms with E-state index in [4.69, 9.17) is 4.74 Å². The molecular weight excluding hydrogens is 320 g/mol. The topological polar surface area (TPSA) is 29.5 Å². The van der Waals surface area contributed by atoms with Crippen molar-refractivity contribution in [2.24, 2.45) is 0 Å². The van der Waals surface area contributed by atoms with Gasteiger partial charge in [-0.05, 0) is 32.3 Å². The first-order valence-electron chi connectivity index (χ1n) is 8.04. The fraction of sp³-hybridized carbons (Fsp3) is 0.588. The van der Waals surface area contributed by atoms with Crippen LogP contribution in [-0.4, -0.2) is 40.6 Å². The Morgan fingerprint density at radius 2 is 2.17 bits per heavy atom. The largest absolute Gasteiger partial charge is 0.377 e. The van der Waals surface area contributed by atoms with Gasteiger partial charge < -0.3 is 9.64 Å². The van der Waals surface area contributed by atoms with Crippen LogP contribution in [0.15, 0.2) is 18.2 Å². The maximum Gasteiger partial charge on any atom is 0.236 e. The third-order valence-corrected chi connectivity index (χ3v) is 6.24. The summed E-state index contributed by atoms with van der Waals surface area (Å²) >= 11 is 1.70. The lowest BCUT2D eigenvalue weighted by atomic mass is 10.1. The summed E-state index contributed by atoms with van der Waals surface area (Å²) in [6.07, 6.45) is 2.92. The molecule has 6 heteroatoms. The van der Waals surface area contributed by atoms with Gasteiger partial charge in [-0.3, -0.25) is 4.79 Å². The average molecular weight is 341 g/mol. The van der Waals surface area contributed by atoms with Crippen molar-refractivity contribution in [1.29, 1.82) is 0 Å². The van der Waals surface area contributed by atoms with Crippen LogP contribution in [0.5, 0.6) is 0 Å². The summed E-state index contributed by atoms with van der Waals surface area (Å²) < 4.78 is 32.4. The fourth-order valence-corrected chi connectivity index (χ4v) is 4.67. The van der Waals surface area contributed by atoms with Crippen LogP contribution in [0.1, 0.15) is 31.7 Å². The van der Waals surface area contributed by atoms with Gasteiger partial charge in [0.1, 0.15) is 11.6 Å². The first kappa shape index (κ1) is 16.7. The van der Waals surface area contributed by atoms with E-state index in [1.807, 2.05) is 6.92 Å². The molecular formula is C17H21F2NO2S. The number of carbonyl (C=O) groups excluding carboxylic acids is 1. The zero-order valence-electron chi connectivity index (χ0n) is 13.1. The molecule has 3 nitrogen and oxygen atoms in total. The van der Waals surface area contributed by atoms with Crippen molar-refractivity contribution in [3.63, 3.8) is 0 Å². The molecule has 2 heterocycles. The van der Waals surface area contributed by atoms with Crippen molar-refractivity contribution in [3.8, 4) is 0 Å². The summed E-state index contributed by atoms with van der Waals surface area (Å²) in [5, 5.41) is 0.271. The van der Waals surface area contributed by atoms with Crippen LogP contribution in [0.3, 0.4) is 0 Å². The minimum Gasteiger partial charge on any atom is -0.377 e. The molecule has 2 saturated heterocycles. The summed E-state index contributed by atoms with van der Waals surface area (Å²) in [7, 11) is 0. The van der Waals surface area contributed by atoms with Gasteiger partial charge in [0.15, 0.2) is 0 Å². The lowest BCUT2D eigenvalue weighted by Gasteiger charge is -2.33. The Hall–Kier alpha value is -1.14. The number of ether oxygens (including phenoxy) is 1. The second-order valence-corrected chi connectivity index (χ2v) is 7.61. The standard InChI is InChI=1S/C17H21F2NO2S/c1-11-15(6-8-22-11)23-16-3-2-7-20(17(16)21)10-12-4-5-13(18)9-14(12)19/h4-5,9,11,15-16H,2-3,6-8,10H2,1H3/t11-,15-,16+/m0/s1. The summed E-state index contributed by atoms with van der Waals surface area (Å²) in [6.45, 7) is 3.63. The molecule has 0 saturated carbocycles. The van der Waals surface area contributed by atoms with Crippen LogP contribution in [0.2, 0.25) is 0 Å². The molecule has 2 aliphatic heterocycles. The number of benzene rings is 1. The summed E-state index contributed by atoms with van der Waals surface area (Å²) in [4.78, 5) is 14.4. The molecule has 0 N–H and O–H groups in total. The highest BCUT2D eigenvalue weighted by Gasteiger charge is 2.35. The Kier molecular flexibility index (Phi) is 5.21. The van der Waals surface area contributed by atoms with Crippen molar-refractivity contribution in [2.75, 3.05) is 13.2 Å². The van der Waals surface area contributed by atoms with Crippen molar-refractivity contribution in [1.82, 2.24) is 4.90 Å². The van der Waals surface area contributed by atoms with E-state index in [0.717, 1.165) is 31.9 Å². The highest BCUT2D eigenvalue weighted by atomic mass is 32.2. The second kappa shape index (κ2) is 7.18. The van der Waals surface area contributed by atoms with Crippen LogP contribution in [0.4, 0.5) is 8.78 Å². The number of halogens is 2. The molecule has 2 fully saturated rings. The van der Waals surface area contributed by atoms with E-state index in [0.29, 0.717) is 17.4 Å². The van der Waals surface area contributed by atoms with Crippen LogP contribution in [-0.2, 0) is 16.1 Å². The second-order valence-electron chi connectivity index (χ2n) is 6.17. The number of amides is 1. The van der Waals surface area contributed by atoms with Crippen LogP contribution >= 0.6 is 11.8 Å². The molecule has 0 aliphatic carbocycles. The fourth-order valence-electron chi connectivity index (χ4n) is 3.15. The van der Waals surface area contributed by atoms with Crippen LogP contribution < -0.4 is 0 Å². The van der Waals surface area contributed by atoms with Gasteiger partial charge in [0.2, 0.25) is 5.91 Å². The molecule has 126 valence electrons. The Morgan fingerprint density at radius 1 is 1.35 bits per heavy atom. The number of thioether (sulfide) groups is 1. The number of rotatable bonds is 4. The third kappa shape index (κ3) is 3.86. The van der Waals surface area contributed by atoms with E-state index in [9.17, 15) is 13.6 Å². The first-order valence-corrected chi connectivity index (χ1v) is 8.98. The molecule has 1 aromatic rings. The summed E-state index contributed by atoms with van der Waals surface area (Å²) in [6, 6.07) is 3.52. The third-order valence-electron chi connectivity index (χ3n) is 4.50. The average Bonchev–Trinajstić information content (AvgIpc) is 2.91. The monoisotopic (exact) mass is 341 g/mol.